The lowest BCUT2D eigenvalue weighted by Gasteiger charge is -2.37. The quantitative estimate of drug-likeness (QED) is 0.460. The molecule has 0 aromatic heterocycles. The smallest absolute Gasteiger partial charge is 0.307 e. The van der Waals surface area contributed by atoms with Crippen LogP contribution in [0, 0.1) is 5.92 Å². The minimum absolute atomic E-state index is 0.572. The number of rotatable bonds is 8. The minimum atomic E-state index is -5.52. The van der Waals surface area contributed by atoms with E-state index < -0.39 is 41.6 Å². The van der Waals surface area contributed by atoms with E-state index in [9.17, 15) is 26.3 Å². The molecule has 0 aromatic carbocycles. The van der Waals surface area contributed by atoms with E-state index >= 15 is 0 Å². The standard InChI is InChI=1S/C13H21BF6O2/c1-8(2)10(5,6)21-12(17,18)13(19,20)22-11(15,16)7-9(3,4)14/h8H,7H2,1-6H3. The molecule has 0 saturated carbocycles. The van der Waals surface area contributed by atoms with Crippen LogP contribution >= 0.6 is 0 Å². The fraction of sp³-hybridized carbons (Fsp3) is 1.00. The maximum Gasteiger partial charge on any atom is 0.452 e. The number of hydrogen-bond acceptors (Lipinski definition) is 2. The molecule has 0 saturated heterocycles. The van der Waals surface area contributed by atoms with Crippen molar-refractivity contribution in [2.75, 3.05) is 0 Å². The van der Waals surface area contributed by atoms with E-state index in [1.165, 1.54) is 13.8 Å². The third kappa shape index (κ3) is 6.36. The van der Waals surface area contributed by atoms with Crippen LogP contribution in [0.1, 0.15) is 48.0 Å². The summed E-state index contributed by atoms with van der Waals surface area (Å²) in [7, 11) is 5.27. The van der Waals surface area contributed by atoms with E-state index in [0.717, 1.165) is 27.7 Å². The van der Waals surface area contributed by atoms with Crippen LogP contribution in [0.2, 0.25) is 5.31 Å². The van der Waals surface area contributed by atoms with Gasteiger partial charge in [0.2, 0.25) is 0 Å². The summed E-state index contributed by atoms with van der Waals surface area (Å²) >= 11 is 0. The average Bonchev–Trinajstić information content (AvgIpc) is 2.07. The molecule has 0 rings (SSSR count). The van der Waals surface area contributed by atoms with Crippen LogP contribution in [0.5, 0.6) is 0 Å². The molecule has 9 heteroatoms. The van der Waals surface area contributed by atoms with Crippen LogP contribution in [0.4, 0.5) is 26.3 Å². The molecule has 0 spiro atoms. The first-order valence-electron chi connectivity index (χ1n) is 6.64. The van der Waals surface area contributed by atoms with Crippen molar-refractivity contribution in [2.24, 2.45) is 5.92 Å². The molecule has 2 radical (unpaired) electrons. The summed E-state index contributed by atoms with van der Waals surface area (Å²) < 4.78 is 87.9. The predicted molar refractivity (Wildman–Crippen MR) is 70.3 cm³/mol. The van der Waals surface area contributed by atoms with Gasteiger partial charge in [0.15, 0.2) is 0 Å². The molecule has 0 unspecified atom stereocenters. The van der Waals surface area contributed by atoms with Crippen LogP contribution in [0.25, 0.3) is 0 Å². The highest BCUT2D eigenvalue weighted by Crippen LogP contribution is 2.46. The summed E-state index contributed by atoms with van der Waals surface area (Å²) in [5.74, 6) is -0.572. The largest absolute Gasteiger partial charge is 0.452 e. The van der Waals surface area contributed by atoms with Gasteiger partial charge in [0.25, 0.3) is 0 Å². The molecule has 0 aromatic rings. The summed E-state index contributed by atoms with van der Waals surface area (Å²) in [4.78, 5) is 0. The van der Waals surface area contributed by atoms with Crippen LogP contribution in [-0.2, 0) is 9.47 Å². The molecule has 130 valence electrons. The Balaban J connectivity index is 5.20. The Hall–Kier alpha value is -0.435. The lowest BCUT2D eigenvalue weighted by atomic mass is 9.70. The molecule has 22 heavy (non-hydrogen) atoms. The highest BCUT2D eigenvalue weighted by molar-refractivity contribution is 6.14. The van der Waals surface area contributed by atoms with E-state index in [4.69, 9.17) is 7.85 Å². The van der Waals surface area contributed by atoms with Gasteiger partial charge in [0.1, 0.15) is 0 Å². The first kappa shape index (κ1) is 21.6. The third-order valence-electron chi connectivity index (χ3n) is 3.06. The van der Waals surface area contributed by atoms with Crippen molar-refractivity contribution in [1.82, 2.24) is 0 Å². The summed E-state index contributed by atoms with van der Waals surface area (Å²) in [5.41, 5.74) is -1.68. The van der Waals surface area contributed by atoms with E-state index in [1.807, 2.05) is 0 Å². The van der Waals surface area contributed by atoms with E-state index in [2.05, 4.69) is 9.47 Å². The first-order valence-corrected chi connectivity index (χ1v) is 6.64. The Morgan fingerprint density at radius 1 is 0.818 bits per heavy atom. The van der Waals surface area contributed by atoms with Gasteiger partial charge >= 0.3 is 18.3 Å². The molecule has 0 aliphatic rings. The Kier molecular flexibility index (Phi) is 6.10. The summed E-state index contributed by atoms with van der Waals surface area (Å²) in [6.45, 7) is 7.45. The molecule has 2 nitrogen and oxygen atoms in total. The maximum absolute atomic E-state index is 13.6. The topological polar surface area (TPSA) is 18.5 Å². The fourth-order valence-corrected chi connectivity index (χ4v) is 1.32. The molecule has 0 aliphatic heterocycles. The number of ether oxygens (including phenoxy) is 2. The number of hydrogen-bond donors (Lipinski definition) is 0. The highest BCUT2D eigenvalue weighted by Gasteiger charge is 2.66. The lowest BCUT2D eigenvalue weighted by molar-refractivity contribution is -0.494. The molecule has 0 atom stereocenters. The normalized spacial score (nSPS) is 15.5. The van der Waals surface area contributed by atoms with E-state index in [-0.39, 0.29) is 0 Å². The second-order valence-corrected chi connectivity index (χ2v) is 6.80. The van der Waals surface area contributed by atoms with Gasteiger partial charge < -0.3 is 4.74 Å². The van der Waals surface area contributed by atoms with Crippen molar-refractivity contribution < 1.29 is 35.8 Å². The second kappa shape index (κ2) is 6.22. The number of halogens is 6. The third-order valence-corrected chi connectivity index (χ3v) is 3.06. The zero-order chi connectivity index (χ0) is 18.2. The van der Waals surface area contributed by atoms with Crippen LogP contribution in [-0.4, -0.2) is 31.8 Å². The van der Waals surface area contributed by atoms with Crippen LogP contribution in [0.15, 0.2) is 0 Å². The van der Waals surface area contributed by atoms with Gasteiger partial charge in [-0.3, -0.25) is 0 Å². The SMILES string of the molecule is [B]C(C)(C)CC(F)(F)OC(F)(F)C(F)(F)OC(C)(C)C(C)C. The molecule has 0 amide bonds. The maximum atomic E-state index is 13.6. The molecule has 0 bridgehead atoms. The summed E-state index contributed by atoms with van der Waals surface area (Å²) in [6.07, 6.45) is -16.7. The van der Waals surface area contributed by atoms with Gasteiger partial charge in [-0.2, -0.15) is 26.3 Å². The second-order valence-electron chi connectivity index (χ2n) is 6.80. The zero-order valence-corrected chi connectivity index (χ0v) is 13.4. The lowest BCUT2D eigenvalue weighted by Crippen LogP contribution is -2.53. The van der Waals surface area contributed by atoms with Crippen molar-refractivity contribution >= 4 is 7.85 Å². The van der Waals surface area contributed by atoms with Gasteiger partial charge in [-0.1, -0.05) is 33.0 Å². The fourth-order valence-electron chi connectivity index (χ4n) is 1.32. The van der Waals surface area contributed by atoms with E-state index in [1.54, 1.807) is 0 Å². The van der Waals surface area contributed by atoms with E-state index in [0.29, 0.717) is 0 Å². The van der Waals surface area contributed by atoms with Gasteiger partial charge in [-0.15, -0.1) is 0 Å². The van der Waals surface area contributed by atoms with Gasteiger partial charge in [-0.05, 0) is 19.8 Å². The Morgan fingerprint density at radius 3 is 1.50 bits per heavy atom. The molecule has 0 N–H and O–H groups in total. The summed E-state index contributed by atoms with van der Waals surface area (Å²) in [5, 5.41) is -1.59. The van der Waals surface area contributed by atoms with Crippen LogP contribution in [0.3, 0.4) is 0 Å². The van der Waals surface area contributed by atoms with Crippen molar-refractivity contribution in [3.05, 3.63) is 0 Å². The number of alkyl halides is 6. The molecule has 0 heterocycles. The Bertz CT molecular complexity index is 377. The van der Waals surface area contributed by atoms with Crippen molar-refractivity contribution in [3.63, 3.8) is 0 Å². The summed E-state index contributed by atoms with van der Waals surface area (Å²) in [6, 6.07) is 0. The van der Waals surface area contributed by atoms with Gasteiger partial charge in [0.05, 0.1) is 13.4 Å². The van der Waals surface area contributed by atoms with Crippen molar-refractivity contribution in [1.29, 1.82) is 0 Å². The average molecular weight is 334 g/mol. The predicted octanol–water partition coefficient (Wildman–Crippen LogP) is 4.99. The zero-order valence-electron chi connectivity index (χ0n) is 13.4. The monoisotopic (exact) mass is 334 g/mol. The minimum Gasteiger partial charge on any atom is -0.307 e. The molecule has 0 fully saturated rings. The van der Waals surface area contributed by atoms with Gasteiger partial charge in [0, 0.05) is 6.42 Å². The Labute approximate surface area is 127 Å². The molecular weight excluding hydrogens is 313 g/mol. The van der Waals surface area contributed by atoms with Crippen molar-refractivity contribution in [2.45, 2.75) is 77.2 Å². The Morgan fingerprint density at radius 2 is 1.18 bits per heavy atom. The van der Waals surface area contributed by atoms with Crippen molar-refractivity contribution in [3.8, 4) is 0 Å². The molecular formula is C13H21BF6O2. The van der Waals surface area contributed by atoms with Gasteiger partial charge in [-0.25, -0.2) is 4.74 Å². The van der Waals surface area contributed by atoms with Crippen LogP contribution < -0.4 is 0 Å². The molecule has 0 aliphatic carbocycles. The highest BCUT2D eigenvalue weighted by atomic mass is 19.3. The first-order chi connectivity index (χ1) is 9.31.